The molecule has 0 bridgehead atoms. The molecule has 9 heteroatoms. The Labute approximate surface area is 335 Å². The molecule has 0 radical (unpaired) electrons. The third-order valence-electron chi connectivity index (χ3n) is 10.6. The minimum atomic E-state index is -0.983. The Morgan fingerprint density at radius 1 is 0.882 bits per heavy atom. The van der Waals surface area contributed by atoms with E-state index in [1.165, 1.54) is 41.1 Å². The Kier molecular flexibility index (Phi) is 13.4. The molecule has 1 aliphatic carbocycles. The summed E-state index contributed by atoms with van der Waals surface area (Å²) >= 11 is 12.0. The standard InChI is InChI=1S/C42H49ClI2N2O4/c1-41(2)32-26-30(44)18-20-34(32)46(24-9-5-7-14-38(48)49)36(41)22-16-28-12-11-13-29(40(28)43)17-23-37-42(3,4)33-27-31(45)19-21-35(33)47(37)25-10-6-8-15-39(50)51/h16-23,26-27H,5-15,24-25H2,1-4H3,(H-,48,49,50,51). The van der Waals surface area contributed by atoms with Gasteiger partial charge in [-0.1, -0.05) is 44.0 Å². The third-order valence-corrected chi connectivity index (χ3v) is 12.4. The maximum absolute atomic E-state index is 11.1. The lowest BCUT2D eigenvalue weighted by atomic mass is 9.81. The predicted molar refractivity (Wildman–Crippen MR) is 223 cm³/mol. The maximum Gasteiger partial charge on any atom is 0.303 e. The van der Waals surface area contributed by atoms with E-state index in [0.717, 1.165) is 74.2 Å². The van der Waals surface area contributed by atoms with Crippen molar-refractivity contribution in [1.82, 2.24) is 0 Å². The number of carboxylic acids is 2. The summed E-state index contributed by atoms with van der Waals surface area (Å²) in [5.41, 5.74) is 9.45. The number of carbonyl (C=O) groups is 2. The number of allylic oxidation sites excluding steroid dienone is 8. The number of hydrogen-bond donors (Lipinski definition) is 1. The van der Waals surface area contributed by atoms with E-state index in [1.807, 2.05) is 0 Å². The van der Waals surface area contributed by atoms with E-state index < -0.39 is 11.9 Å². The molecule has 2 aromatic carbocycles. The summed E-state index contributed by atoms with van der Waals surface area (Å²) in [6, 6.07) is 13.3. The number of aliphatic carboxylic acids is 2. The lowest BCUT2D eigenvalue weighted by molar-refractivity contribution is -0.438. The van der Waals surface area contributed by atoms with Crippen LogP contribution in [0.4, 0.5) is 11.4 Å². The molecule has 272 valence electrons. The van der Waals surface area contributed by atoms with E-state index in [2.05, 4.69) is 143 Å². The van der Waals surface area contributed by atoms with Crippen LogP contribution in [0.15, 0.2) is 82.6 Å². The molecule has 0 atom stereocenters. The van der Waals surface area contributed by atoms with Gasteiger partial charge in [-0.25, -0.2) is 0 Å². The summed E-state index contributed by atoms with van der Waals surface area (Å²) < 4.78 is 4.85. The van der Waals surface area contributed by atoms with Crippen LogP contribution < -0.4 is 10.0 Å². The first-order chi connectivity index (χ1) is 24.2. The van der Waals surface area contributed by atoms with Crippen molar-refractivity contribution < 1.29 is 24.4 Å². The van der Waals surface area contributed by atoms with E-state index in [1.54, 1.807) is 0 Å². The van der Waals surface area contributed by atoms with Crippen LogP contribution in [0.3, 0.4) is 0 Å². The summed E-state index contributed by atoms with van der Waals surface area (Å²) in [5, 5.41) is 20.9. The minimum Gasteiger partial charge on any atom is -0.550 e. The number of anilines is 1. The first kappa shape index (κ1) is 39.8. The molecular weight excluding hydrogens is 886 g/mol. The van der Waals surface area contributed by atoms with E-state index in [-0.39, 0.29) is 23.7 Å². The van der Waals surface area contributed by atoms with Crippen LogP contribution in [0, 0.1) is 7.14 Å². The van der Waals surface area contributed by atoms with Crippen LogP contribution in [-0.4, -0.2) is 40.4 Å². The van der Waals surface area contributed by atoms with Crippen molar-refractivity contribution in [2.45, 2.75) is 109 Å². The molecule has 5 rings (SSSR count). The van der Waals surface area contributed by atoms with Gasteiger partial charge in [0.1, 0.15) is 6.54 Å². The van der Waals surface area contributed by atoms with Crippen LogP contribution in [0.5, 0.6) is 0 Å². The molecule has 2 aliphatic heterocycles. The number of hydrogen-bond acceptors (Lipinski definition) is 4. The van der Waals surface area contributed by atoms with E-state index in [9.17, 15) is 14.7 Å². The highest BCUT2D eigenvalue weighted by atomic mass is 127. The van der Waals surface area contributed by atoms with Gasteiger partial charge in [-0.2, -0.15) is 4.58 Å². The van der Waals surface area contributed by atoms with Crippen molar-refractivity contribution in [2.75, 3.05) is 18.0 Å². The van der Waals surface area contributed by atoms with Crippen molar-refractivity contribution in [1.29, 1.82) is 0 Å². The summed E-state index contributed by atoms with van der Waals surface area (Å²) in [6.45, 7) is 10.8. The molecule has 0 fully saturated rings. The Balaban J connectivity index is 1.43. The smallest absolute Gasteiger partial charge is 0.303 e. The van der Waals surface area contributed by atoms with Gasteiger partial charge in [0.2, 0.25) is 5.69 Å². The SMILES string of the molecule is CC1(C)C(/C=C/C2=C(Cl)C(=C/C=C3/N(CCCCCC(=O)[O-])c4ccc(I)cc4C3(C)C)/CCC2)=[N+](CCCCCC(=O)O)c2ccc(I)cc21. The topological polar surface area (TPSA) is 83.7 Å². The molecule has 2 heterocycles. The first-order valence-corrected chi connectivity index (χ1v) is 20.7. The number of carboxylic acid groups (broad SMARTS) is 2. The molecular formula is C42H49ClI2N2O4. The Morgan fingerprint density at radius 2 is 1.57 bits per heavy atom. The van der Waals surface area contributed by atoms with Crippen LogP contribution in [0.1, 0.15) is 109 Å². The van der Waals surface area contributed by atoms with Gasteiger partial charge >= 0.3 is 5.97 Å². The fourth-order valence-corrected chi connectivity index (χ4v) is 9.08. The Hall–Kier alpha value is -2.44. The van der Waals surface area contributed by atoms with Gasteiger partial charge in [0.15, 0.2) is 5.71 Å². The number of unbranched alkanes of at least 4 members (excludes halogenated alkanes) is 4. The Morgan fingerprint density at radius 3 is 2.29 bits per heavy atom. The Bertz CT molecular complexity index is 1840. The van der Waals surface area contributed by atoms with Gasteiger partial charge < -0.3 is 19.9 Å². The zero-order valence-corrected chi connectivity index (χ0v) is 35.2. The highest BCUT2D eigenvalue weighted by molar-refractivity contribution is 14.1. The molecule has 2 aromatic rings. The van der Waals surface area contributed by atoms with Crippen LogP contribution in [-0.2, 0) is 20.4 Å². The van der Waals surface area contributed by atoms with Crippen LogP contribution in [0.2, 0.25) is 0 Å². The number of fused-ring (bicyclic) bond motifs is 2. The summed E-state index contributed by atoms with van der Waals surface area (Å²) in [5.74, 6) is -1.72. The van der Waals surface area contributed by atoms with E-state index in [4.69, 9.17) is 16.7 Å². The second-order valence-corrected chi connectivity index (χ2v) is 17.8. The average molecular weight is 935 g/mol. The highest BCUT2D eigenvalue weighted by Crippen LogP contribution is 2.49. The highest BCUT2D eigenvalue weighted by Gasteiger charge is 2.44. The zero-order valence-electron chi connectivity index (χ0n) is 30.2. The van der Waals surface area contributed by atoms with Crippen molar-refractivity contribution >= 4 is 85.8 Å². The number of carbonyl (C=O) groups excluding carboxylic acids is 1. The second-order valence-electron chi connectivity index (χ2n) is 14.9. The largest absolute Gasteiger partial charge is 0.550 e. The van der Waals surface area contributed by atoms with E-state index >= 15 is 0 Å². The number of rotatable bonds is 15. The minimum absolute atomic E-state index is 0.104. The number of nitrogens with zero attached hydrogens (tertiary/aromatic N) is 2. The van der Waals surface area contributed by atoms with Gasteiger partial charge in [-0.05, 0) is 164 Å². The summed E-state index contributed by atoms with van der Waals surface area (Å²) in [7, 11) is 0. The summed E-state index contributed by atoms with van der Waals surface area (Å²) in [6.07, 6.45) is 17.0. The quantitative estimate of drug-likeness (QED) is 0.109. The molecule has 0 spiro atoms. The molecule has 0 aromatic heterocycles. The van der Waals surface area contributed by atoms with Crippen LogP contribution >= 0.6 is 56.8 Å². The van der Waals surface area contributed by atoms with Crippen molar-refractivity contribution in [3.63, 3.8) is 0 Å². The maximum atomic E-state index is 11.1. The molecule has 0 amide bonds. The monoisotopic (exact) mass is 934 g/mol. The van der Waals surface area contributed by atoms with Crippen molar-refractivity contribution in [2.24, 2.45) is 0 Å². The third kappa shape index (κ3) is 9.21. The van der Waals surface area contributed by atoms with Gasteiger partial charge in [-0.15, -0.1) is 0 Å². The zero-order chi connectivity index (χ0) is 36.9. The number of benzene rings is 2. The average Bonchev–Trinajstić information content (AvgIpc) is 3.40. The van der Waals surface area contributed by atoms with Crippen molar-refractivity contribution in [3.05, 3.63) is 101 Å². The normalized spacial score (nSPS) is 19.5. The van der Waals surface area contributed by atoms with Gasteiger partial charge in [-0.3, -0.25) is 4.79 Å². The predicted octanol–water partition coefficient (Wildman–Crippen LogP) is 10.1. The van der Waals surface area contributed by atoms with Gasteiger partial charge in [0, 0.05) is 72.0 Å². The van der Waals surface area contributed by atoms with Gasteiger partial charge in [0.05, 0.1) is 5.41 Å². The van der Waals surface area contributed by atoms with Gasteiger partial charge in [0.25, 0.3) is 0 Å². The summed E-state index contributed by atoms with van der Waals surface area (Å²) in [4.78, 5) is 24.4. The number of halogens is 3. The lowest BCUT2D eigenvalue weighted by Crippen LogP contribution is -2.28. The fraction of sp³-hybridized carbons (Fsp3) is 0.452. The molecule has 1 N–H and O–H groups in total. The molecule has 0 unspecified atom stereocenters. The second kappa shape index (κ2) is 17.1. The van der Waals surface area contributed by atoms with Crippen LogP contribution in [0.25, 0.3) is 0 Å². The molecule has 6 nitrogen and oxygen atoms in total. The molecule has 3 aliphatic rings. The first-order valence-electron chi connectivity index (χ1n) is 18.1. The van der Waals surface area contributed by atoms with E-state index in [0.29, 0.717) is 12.8 Å². The van der Waals surface area contributed by atoms with Crippen molar-refractivity contribution in [3.8, 4) is 0 Å². The fourth-order valence-electron chi connectivity index (χ4n) is 7.78. The lowest BCUT2D eigenvalue weighted by Gasteiger charge is -2.27. The molecule has 0 saturated carbocycles. The molecule has 51 heavy (non-hydrogen) atoms. The molecule has 0 saturated heterocycles.